The predicted molar refractivity (Wildman–Crippen MR) is 226 cm³/mol. The van der Waals surface area contributed by atoms with Gasteiger partial charge in [0.05, 0.1) is 35.6 Å². The molecule has 2 unspecified atom stereocenters. The fourth-order valence-electron chi connectivity index (χ4n) is 9.27. The molecule has 2 aromatic carbocycles. The van der Waals surface area contributed by atoms with E-state index < -0.39 is 47.8 Å². The van der Waals surface area contributed by atoms with Crippen LogP contribution in [-0.4, -0.2) is 106 Å². The smallest absolute Gasteiger partial charge is 0.412 e. The highest BCUT2D eigenvalue weighted by molar-refractivity contribution is 7.23. The molecule has 1 aliphatic carbocycles. The van der Waals surface area contributed by atoms with Gasteiger partial charge in [0.25, 0.3) is 0 Å². The maximum absolute atomic E-state index is 17.7. The van der Waals surface area contributed by atoms with Crippen LogP contribution in [0.1, 0.15) is 91.2 Å². The van der Waals surface area contributed by atoms with E-state index in [1.807, 2.05) is 25.7 Å². The number of aliphatic hydroxyl groups excluding tert-OH is 1. The number of carbonyl (C=O) groups excluding carboxylic acids is 2. The van der Waals surface area contributed by atoms with E-state index in [0.717, 1.165) is 49.5 Å². The summed E-state index contributed by atoms with van der Waals surface area (Å²) in [6, 6.07) is 5.69. The second kappa shape index (κ2) is 16.1. The molecule has 17 heteroatoms. The van der Waals surface area contributed by atoms with Crippen molar-refractivity contribution in [3.8, 4) is 23.2 Å². The molecule has 0 radical (unpaired) electrons. The number of amides is 2. The second-order valence-electron chi connectivity index (χ2n) is 18.9. The van der Waals surface area contributed by atoms with Crippen molar-refractivity contribution in [2.24, 2.45) is 5.41 Å². The Morgan fingerprint density at radius 2 is 1.74 bits per heavy atom. The normalized spacial score (nSPS) is 21.4. The minimum Gasteiger partial charge on any atom is -0.463 e. The zero-order valence-corrected chi connectivity index (χ0v) is 36.2. The number of fused-ring (bicyclic) bond motifs is 4. The number of nitriles is 1. The van der Waals surface area contributed by atoms with Crippen LogP contribution in [0.15, 0.2) is 18.2 Å². The molecule has 4 fully saturated rings. The highest BCUT2D eigenvalue weighted by Gasteiger charge is 2.46. The van der Waals surface area contributed by atoms with Gasteiger partial charge in [0.1, 0.15) is 45.6 Å². The van der Waals surface area contributed by atoms with E-state index >= 15 is 8.78 Å². The van der Waals surface area contributed by atoms with Crippen LogP contribution in [-0.2, 0) is 16.1 Å². The Labute approximate surface area is 356 Å². The van der Waals surface area contributed by atoms with Gasteiger partial charge in [0, 0.05) is 54.5 Å². The van der Waals surface area contributed by atoms with Gasteiger partial charge in [-0.25, -0.2) is 22.8 Å². The van der Waals surface area contributed by atoms with Crippen LogP contribution in [0.5, 0.6) is 6.01 Å². The summed E-state index contributed by atoms with van der Waals surface area (Å²) < 4.78 is 65.0. The van der Waals surface area contributed by atoms with Crippen molar-refractivity contribution in [2.45, 2.75) is 116 Å². The molecule has 2 N–H and O–H groups in total. The highest BCUT2D eigenvalue weighted by Crippen LogP contribution is 2.47. The van der Waals surface area contributed by atoms with Crippen LogP contribution in [0, 0.1) is 28.4 Å². The molecular weight excluding hydrogens is 812 g/mol. The Kier molecular flexibility index (Phi) is 11.3. The van der Waals surface area contributed by atoms with E-state index in [-0.39, 0.29) is 73.0 Å². The molecule has 8 rings (SSSR count). The third kappa shape index (κ3) is 8.50. The number of carbonyl (C=O) groups is 2. The van der Waals surface area contributed by atoms with Crippen molar-refractivity contribution in [2.75, 3.05) is 49.5 Å². The maximum atomic E-state index is 17.7. The van der Waals surface area contributed by atoms with Crippen LogP contribution in [0.3, 0.4) is 0 Å². The van der Waals surface area contributed by atoms with E-state index in [2.05, 4.69) is 21.3 Å². The second-order valence-corrected chi connectivity index (χ2v) is 19.9. The summed E-state index contributed by atoms with van der Waals surface area (Å²) >= 11 is 0.816. The first-order chi connectivity index (χ1) is 28.9. The number of aromatic nitrogens is 2. The lowest BCUT2D eigenvalue weighted by Crippen LogP contribution is -2.57. The molecule has 5 heterocycles. The average Bonchev–Trinajstić information content (AvgIpc) is 3.83. The molecule has 326 valence electrons. The lowest BCUT2D eigenvalue weighted by molar-refractivity contribution is 0.0122. The average molecular weight is 864 g/mol. The molecule has 3 aliphatic heterocycles. The van der Waals surface area contributed by atoms with Gasteiger partial charge in [-0.05, 0) is 96.9 Å². The van der Waals surface area contributed by atoms with Crippen LogP contribution >= 0.6 is 11.3 Å². The van der Waals surface area contributed by atoms with Gasteiger partial charge in [-0.2, -0.15) is 15.2 Å². The molecule has 13 nitrogen and oxygen atoms in total. The molecule has 2 aromatic heterocycles. The van der Waals surface area contributed by atoms with E-state index in [1.165, 1.54) is 6.07 Å². The zero-order valence-electron chi connectivity index (χ0n) is 35.4. The number of ether oxygens (including phenoxy) is 3. The standard InChI is InChI=1S/C44H52F3N7O6S/c1-42(2,3)59-40(56)51-38-30(17-48)33-28(10-11-31(46)36(33)61-38)32-24(21-55)16-29-35(34(32)47)49-39(58-23-44(13-7-14-44)22-52-15-12-25(45)18-52)50-37(29)53-19-26-8-9-27(20-53)54(26)41(57)60-43(4,5)6/h10-11,16,25-27,55H,7-9,12-15,18-23H2,1-6H3,(H,51,56)/t25-,26?,27?/m1/s1. The van der Waals surface area contributed by atoms with Gasteiger partial charge in [-0.15, -0.1) is 11.3 Å². The van der Waals surface area contributed by atoms with Crippen molar-refractivity contribution in [1.82, 2.24) is 19.8 Å². The van der Waals surface area contributed by atoms with Crippen LogP contribution < -0.4 is 15.0 Å². The van der Waals surface area contributed by atoms with Gasteiger partial charge in [-0.3, -0.25) is 15.1 Å². The largest absolute Gasteiger partial charge is 0.463 e. The fourth-order valence-corrected chi connectivity index (χ4v) is 10.3. The third-order valence-electron chi connectivity index (χ3n) is 12.0. The van der Waals surface area contributed by atoms with Crippen molar-refractivity contribution in [3.05, 3.63) is 41.0 Å². The first kappa shape index (κ1) is 42.8. The van der Waals surface area contributed by atoms with Crippen molar-refractivity contribution < 1.29 is 42.1 Å². The summed E-state index contributed by atoms with van der Waals surface area (Å²) in [5.41, 5.74) is -1.85. The number of anilines is 2. The predicted octanol–water partition coefficient (Wildman–Crippen LogP) is 8.68. The molecule has 61 heavy (non-hydrogen) atoms. The monoisotopic (exact) mass is 863 g/mol. The first-order valence-electron chi connectivity index (χ1n) is 20.9. The Morgan fingerprint density at radius 1 is 1.03 bits per heavy atom. The Morgan fingerprint density at radius 3 is 2.33 bits per heavy atom. The van der Waals surface area contributed by atoms with Gasteiger partial charge >= 0.3 is 18.2 Å². The molecule has 3 atom stereocenters. The van der Waals surface area contributed by atoms with Crippen LogP contribution in [0.2, 0.25) is 0 Å². The number of halogens is 3. The molecular formula is C44H52F3N7O6S. The van der Waals surface area contributed by atoms with Crippen LogP contribution in [0.25, 0.3) is 32.1 Å². The van der Waals surface area contributed by atoms with Crippen molar-refractivity contribution in [1.29, 1.82) is 5.26 Å². The number of nitrogens with one attached hydrogen (secondary N) is 1. The van der Waals surface area contributed by atoms with E-state index in [4.69, 9.17) is 19.2 Å². The minimum atomic E-state index is -0.857. The number of benzene rings is 2. The lowest BCUT2D eigenvalue weighted by Gasteiger charge is -2.44. The molecule has 0 spiro atoms. The molecule has 2 amide bonds. The molecule has 1 saturated carbocycles. The molecule has 4 aliphatic rings. The van der Waals surface area contributed by atoms with Gasteiger partial charge < -0.3 is 24.2 Å². The number of hydrogen-bond donors (Lipinski definition) is 2. The Hall–Kier alpha value is -4.92. The van der Waals surface area contributed by atoms with Gasteiger partial charge in [-0.1, -0.05) is 12.5 Å². The Bertz CT molecular complexity index is 2410. The number of rotatable bonds is 9. The van der Waals surface area contributed by atoms with E-state index in [0.29, 0.717) is 50.3 Å². The topological polar surface area (TPSA) is 153 Å². The van der Waals surface area contributed by atoms with Crippen molar-refractivity contribution in [3.63, 3.8) is 0 Å². The van der Waals surface area contributed by atoms with Crippen molar-refractivity contribution >= 4 is 55.3 Å². The number of alkyl halides is 1. The number of likely N-dealkylation sites (tertiary alicyclic amines) is 1. The molecule has 2 bridgehead atoms. The number of thiophene rings is 1. The first-order valence-corrected chi connectivity index (χ1v) is 21.7. The van der Waals surface area contributed by atoms with Gasteiger partial charge in [0.2, 0.25) is 0 Å². The SMILES string of the molecule is CC(C)(C)OC(=O)Nc1sc2c(F)ccc(-c3c(CO)cc4c(N5CC6CCC(C5)N6C(=O)OC(C)(C)C)nc(OCC5(CN6CC[C@@H](F)C6)CCC5)nc4c3F)c2c1C#N. The fraction of sp³-hybridized carbons (Fsp3) is 0.568. The Balaban J connectivity index is 1.23. The summed E-state index contributed by atoms with van der Waals surface area (Å²) in [6.45, 7) is 12.6. The number of hydrogen-bond acceptors (Lipinski definition) is 12. The highest BCUT2D eigenvalue weighted by atomic mass is 32.1. The van der Waals surface area contributed by atoms with E-state index in [1.54, 1.807) is 31.7 Å². The lowest BCUT2D eigenvalue weighted by atomic mass is 9.69. The zero-order chi connectivity index (χ0) is 43.6. The maximum Gasteiger partial charge on any atom is 0.412 e. The van der Waals surface area contributed by atoms with Crippen LogP contribution in [0.4, 0.5) is 33.6 Å². The number of piperazine rings is 1. The minimum absolute atomic E-state index is 0.00268. The number of nitrogens with zero attached hydrogens (tertiary/aromatic N) is 6. The summed E-state index contributed by atoms with van der Waals surface area (Å²) in [4.78, 5) is 41.7. The van der Waals surface area contributed by atoms with E-state index in [9.17, 15) is 24.3 Å². The number of aliphatic hydroxyl groups is 1. The van der Waals surface area contributed by atoms with Gasteiger partial charge in [0.15, 0.2) is 5.82 Å². The molecule has 3 saturated heterocycles. The summed E-state index contributed by atoms with van der Waals surface area (Å²) in [6.07, 6.45) is 2.63. The summed E-state index contributed by atoms with van der Waals surface area (Å²) in [7, 11) is 0. The molecule has 4 aromatic rings. The summed E-state index contributed by atoms with van der Waals surface area (Å²) in [5.74, 6) is -1.17. The summed E-state index contributed by atoms with van der Waals surface area (Å²) in [5, 5.41) is 24.2. The quantitative estimate of drug-likeness (QED) is 0.166. The third-order valence-corrected chi connectivity index (χ3v) is 13.1.